The van der Waals surface area contributed by atoms with Gasteiger partial charge in [-0.15, -0.1) is 13.2 Å². The van der Waals surface area contributed by atoms with E-state index in [0.717, 1.165) is 0 Å². The molecule has 3 aromatic rings. The maximum atomic E-state index is 12.5. The zero-order valence-corrected chi connectivity index (χ0v) is 12.0. The second-order valence-electron chi connectivity index (χ2n) is 4.96. The third-order valence-electron chi connectivity index (χ3n) is 3.29. The van der Waals surface area contributed by atoms with Gasteiger partial charge in [0, 0.05) is 17.9 Å². The monoisotopic (exact) mass is 320 g/mol. The number of ether oxygens (including phenoxy) is 1. The van der Waals surface area contributed by atoms with E-state index in [1.165, 1.54) is 25.1 Å². The van der Waals surface area contributed by atoms with Gasteiger partial charge >= 0.3 is 6.36 Å². The topological polar surface area (TPSA) is 39.4 Å². The summed E-state index contributed by atoms with van der Waals surface area (Å²) in [5.74, 6) is -0.296. The first-order valence-electron chi connectivity index (χ1n) is 6.73. The third kappa shape index (κ3) is 3.21. The van der Waals surface area contributed by atoms with Crippen molar-refractivity contribution >= 4 is 16.8 Å². The average Bonchev–Trinajstić information content (AvgIpc) is 2.89. The Hall–Kier alpha value is -2.76. The van der Waals surface area contributed by atoms with Gasteiger partial charge in [0.15, 0.2) is 11.5 Å². The lowest BCUT2D eigenvalue weighted by Crippen LogP contribution is -2.17. The number of Topliss-reactive ketones (excluding diaryl/α,β-unsaturated/α-hetero) is 1. The molecule has 0 spiro atoms. The number of fused-ring (bicyclic) bond motifs is 1. The Kier molecular flexibility index (Phi) is 3.60. The molecule has 0 unspecified atom stereocenters. The van der Waals surface area contributed by atoms with Gasteiger partial charge in [-0.3, -0.25) is 4.79 Å². The number of halogens is 3. The molecule has 0 fully saturated rings. The van der Waals surface area contributed by atoms with Crippen molar-refractivity contribution in [2.24, 2.45) is 0 Å². The highest BCUT2D eigenvalue weighted by molar-refractivity contribution is 5.97. The number of para-hydroxylation sites is 1. The van der Waals surface area contributed by atoms with E-state index in [-0.39, 0.29) is 17.3 Å². The molecule has 3 nitrogen and oxygen atoms in total. The van der Waals surface area contributed by atoms with Crippen molar-refractivity contribution in [1.29, 1.82) is 0 Å². The van der Waals surface area contributed by atoms with Crippen LogP contribution < -0.4 is 4.74 Å². The highest BCUT2D eigenvalue weighted by Crippen LogP contribution is 2.35. The number of alkyl halides is 3. The molecule has 23 heavy (non-hydrogen) atoms. The highest BCUT2D eigenvalue weighted by Gasteiger charge is 2.32. The fourth-order valence-corrected chi connectivity index (χ4v) is 2.30. The molecule has 3 rings (SSSR count). The van der Waals surface area contributed by atoms with Crippen LogP contribution in [0.5, 0.6) is 5.75 Å². The van der Waals surface area contributed by atoms with Crippen molar-refractivity contribution in [3.05, 3.63) is 54.3 Å². The standard InChI is InChI=1S/C17H11F3O3/c1-10(21)16-9-12-8-11(6-7-14(12)22-16)13-4-2-3-5-15(13)23-17(18,19)20/h2-9H,1H3. The summed E-state index contributed by atoms with van der Waals surface area (Å²) in [6.45, 7) is 1.38. The first-order valence-corrected chi connectivity index (χ1v) is 6.73. The number of furan rings is 1. The molecule has 0 atom stereocenters. The van der Waals surface area contributed by atoms with E-state index in [4.69, 9.17) is 4.42 Å². The van der Waals surface area contributed by atoms with Crippen LogP contribution in [-0.4, -0.2) is 12.1 Å². The quantitative estimate of drug-likeness (QED) is 0.623. The minimum absolute atomic E-state index is 0.206. The summed E-state index contributed by atoms with van der Waals surface area (Å²) < 4.78 is 47.0. The molecule has 0 radical (unpaired) electrons. The van der Waals surface area contributed by atoms with Gasteiger partial charge < -0.3 is 9.15 Å². The van der Waals surface area contributed by atoms with Gasteiger partial charge in [0.2, 0.25) is 0 Å². The van der Waals surface area contributed by atoms with Crippen molar-refractivity contribution in [2.45, 2.75) is 13.3 Å². The van der Waals surface area contributed by atoms with Crippen LogP contribution in [-0.2, 0) is 0 Å². The van der Waals surface area contributed by atoms with E-state index >= 15 is 0 Å². The smallest absolute Gasteiger partial charge is 0.453 e. The van der Waals surface area contributed by atoms with Crippen molar-refractivity contribution in [3.8, 4) is 16.9 Å². The van der Waals surface area contributed by atoms with E-state index < -0.39 is 6.36 Å². The first-order chi connectivity index (χ1) is 10.8. The van der Waals surface area contributed by atoms with Crippen molar-refractivity contribution in [3.63, 3.8) is 0 Å². The number of carbonyl (C=O) groups excluding carboxylic acids is 1. The molecule has 0 aliphatic rings. The van der Waals surface area contributed by atoms with Crippen molar-refractivity contribution < 1.29 is 27.1 Å². The Labute approximate surface area is 129 Å². The molecular formula is C17H11F3O3. The average molecular weight is 320 g/mol. The number of hydrogen-bond donors (Lipinski definition) is 0. The Morgan fingerprint density at radius 3 is 2.52 bits per heavy atom. The van der Waals surface area contributed by atoms with E-state index in [1.807, 2.05) is 0 Å². The minimum Gasteiger partial charge on any atom is -0.453 e. The summed E-state index contributed by atoms with van der Waals surface area (Å²) in [5, 5.41) is 0.634. The summed E-state index contributed by atoms with van der Waals surface area (Å²) in [6, 6.07) is 12.3. The molecule has 1 heterocycles. The molecule has 0 amide bonds. The number of rotatable bonds is 3. The molecule has 118 valence electrons. The number of ketones is 1. The van der Waals surface area contributed by atoms with Crippen LogP contribution in [0.15, 0.2) is 52.9 Å². The molecule has 0 aliphatic carbocycles. The zero-order chi connectivity index (χ0) is 16.6. The summed E-state index contributed by atoms with van der Waals surface area (Å²) in [7, 11) is 0. The van der Waals surface area contributed by atoms with E-state index in [1.54, 1.807) is 30.3 Å². The van der Waals surface area contributed by atoms with Crippen LogP contribution in [0.2, 0.25) is 0 Å². The van der Waals surface area contributed by atoms with E-state index in [2.05, 4.69) is 4.74 Å². The zero-order valence-electron chi connectivity index (χ0n) is 12.0. The highest BCUT2D eigenvalue weighted by atomic mass is 19.4. The summed E-state index contributed by atoms with van der Waals surface area (Å²) in [6.07, 6.45) is -4.77. The van der Waals surface area contributed by atoms with Crippen molar-refractivity contribution in [2.75, 3.05) is 0 Å². The SMILES string of the molecule is CC(=O)c1cc2cc(-c3ccccc3OC(F)(F)F)ccc2o1. The summed E-state index contributed by atoms with van der Waals surface area (Å²) >= 11 is 0. The Morgan fingerprint density at radius 2 is 1.83 bits per heavy atom. The molecule has 0 N–H and O–H groups in total. The van der Waals surface area contributed by atoms with Crippen LogP contribution in [0.25, 0.3) is 22.1 Å². The molecular weight excluding hydrogens is 309 g/mol. The van der Waals surface area contributed by atoms with Crippen LogP contribution in [0, 0.1) is 0 Å². The van der Waals surface area contributed by atoms with Crippen molar-refractivity contribution in [1.82, 2.24) is 0 Å². The Bertz CT molecular complexity index is 878. The van der Waals surface area contributed by atoms with Gasteiger partial charge in [0.05, 0.1) is 0 Å². The molecule has 2 aromatic carbocycles. The van der Waals surface area contributed by atoms with Gasteiger partial charge in [0.25, 0.3) is 0 Å². The summed E-state index contributed by atoms with van der Waals surface area (Å²) in [5.41, 5.74) is 1.33. The lowest BCUT2D eigenvalue weighted by molar-refractivity contribution is -0.274. The maximum absolute atomic E-state index is 12.5. The molecule has 6 heteroatoms. The molecule has 1 aromatic heterocycles. The van der Waals surface area contributed by atoms with Gasteiger partial charge in [-0.25, -0.2) is 0 Å². The van der Waals surface area contributed by atoms with Gasteiger partial charge in [-0.2, -0.15) is 0 Å². The Balaban J connectivity index is 2.08. The van der Waals surface area contributed by atoms with E-state index in [9.17, 15) is 18.0 Å². The second kappa shape index (κ2) is 5.46. The minimum atomic E-state index is -4.77. The van der Waals surface area contributed by atoms with Gasteiger partial charge in [-0.05, 0) is 29.8 Å². The van der Waals surface area contributed by atoms with Crippen LogP contribution >= 0.6 is 0 Å². The molecule has 0 saturated heterocycles. The van der Waals surface area contributed by atoms with E-state index in [0.29, 0.717) is 22.1 Å². The lowest BCUT2D eigenvalue weighted by atomic mass is 10.0. The largest absolute Gasteiger partial charge is 0.573 e. The molecule has 0 aliphatic heterocycles. The van der Waals surface area contributed by atoms with Crippen LogP contribution in [0.4, 0.5) is 13.2 Å². The van der Waals surface area contributed by atoms with Gasteiger partial charge in [0.1, 0.15) is 11.3 Å². The first kappa shape index (κ1) is 15.1. The lowest BCUT2D eigenvalue weighted by Gasteiger charge is -2.13. The second-order valence-corrected chi connectivity index (χ2v) is 4.96. The Morgan fingerprint density at radius 1 is 1.09 bits per heavy atom. The predicted octanol–water partition coefficient (Wildman–Crippen LogP) is 5.20. The van der Waals surface area contributed by atoms with Crippen LogP contribution in [0.3, 0.4) is 0 Å². The molecule has 0 saturated carbocycles. The fraction of sp³-hybridized carbons (Fsp3) is 0.118. The number of carbonyl (C=O) groups is 1. The fourth-order valence-electron chi connectivity index (χ4n) is 2.30. The third-order valence-corrected chi connectivity index (χ3v) is 3.29. The normalized spacial score (nSPS) is 11.7. The van der Waals surface area contributed by atoms with Gasteiger partial charge in [-0.1, -0.05) is 24.3 Å². The molecule has 0 bridgehead atoms. The van der Waals surface area contributed by atoms with Crippen LogP contribution in [0.1, 0.15) is 17.5 Å². The summed E-state index contributed by atoms with van der Waals surface area (Å²) in [4.78, 5) is 11.3. The number of benzene rings is 2. The number of hydrogen-bond acceptors (Lipinski definition) is 3. The maximum Gasteiger partial charge on any atom is 0.573 e. The predicted molar refractivity (Wildman–Crippen MR) is 78.3 cm³/mol.